The molecule has 0 spiro atoms. The lowest BCUT2D eigenvalue weighted by Gasteiger charge is -2.22. The number of imidazole rings is 1. The van der Waals surface area contributed by atoms with Crippen molar-refractivity contribution < 1.29 is 14.0 Å². The summed E-state index contributed by atoms with van der Waals surface area (Å²) in [6, 6.07) is 0. The standard InChI is InChI=1S/C23H37N2O3P/c1-20(2)9-6-10-21(3)11-7-12-22(4)13-8-14-23(5)15-18-28-29(26,27)25-17-16-24-19-25/h9,11,13,15-17,19H,6-8,10,12,14,18H2,1-5H3,(H,26,27)/p-1/b21-11-,22-13-,23-15-. The monoisotopic (exact) mass is 419 g/mol. The number of nitrogens with zero attached hydrogens (tertiary/aromatic N) is 2. The Hall–Kier alpha value is -1.68. The quantitative estimate of drug-likeness (QED) is 0.275. The fourth-order valence-electron chi connectivity index (χ4n) is 2.72. The SMILES string of the molecule is CC(C)=CCC/C(C)=C\CC/C(C)=C\CC/C(C)=C\COP(=O)([O-])n1ccnc1. The summed E-state index contributed by atoms with van der Waals surface area (Å²) in [6.07, 6.45) is 19.0. The zero-order valence-electron chi connectivity index (χ0n) is 18.6. The van der Waals surface area contributed by atoms with Crippen molar-refractivity contribution in [3.8, 4) is 0 Å². The van der Waals surface area contributed by atoms with Crippen LogP contribution in [0.3, 0.4) is 0 Å². The van der Waals surface area contributed by atoms with Crippen molar-refractivity contribution in [2.24, 2.45) is 0 Å². The Morgan fingerprint density at radius 2 is 1.45 bits per heavy atom. The van der Waals surface area contributed by atoms with E-state index in [4.69, 9.17) is 4.52 Å². The van der Waals surface area contributed by atoms with Gasteiger partial charge in [-0.15, -0.1) is 0 Å². The van der Waals surface area contributed by atoms with Gasteiger partial charge in [-0.1, -0.05) is 46.6 Å². The normalized spacial score (nSPS) is 15.3. The largest absolute Gasteiger partial charge is 0.761 e. The van der Waals surface area contributed by atoms with Crippen LogP contribution in [0, 0.1) is 0 Å². The van der Waals surface area contributed by atoms with E-state index >= 15 is 0 Å². The maximum absolute atomic E-state index is 11.9. The van der Waals surface area contributed by atoms with Gasteiger partial charge in [0.2, 0.25) is 7.75 Å². The topological polar surface area (TPSA) is 67.2 Å². The van der Waals surface area contributed by atoms with Gasteiger partial charge in [-0.25, -0.2) is 4.98 Å². The lowest BCUT2D eigenvalue weighted by Crippen LogP contribution is -2.11. The average Bonchev–Trinajstić information content (AvgIpc) is 3.17. The van der Waals surface area contributed by atoms with Crippen LogP contribution in [-0.2, 0) is 9.09 Å². The van der Waals surface area contributed by atoms with E-state index in [1.165, 1.54) is 35.4 Å². The number of hydrogen-bond acceptors (Lipinski definition) is 4. The minimum Gasteiger partial charge on any atom is -0.761 e. The van der Waals surface area contributed by atoms with Crippen molar-refractivity contribution >= 4 is 7.75 Å². The molecule has 1 aromatic heterocycles. The fourth-order valence-corrected chi connectivity index (χ4v) is 3.53. The zero-order valence-corrected chi connectivity index (χ0v) is 19.5. The van der Waals surface area contributed by atoms with E-state index in [1.54, 1.807) is 0 Å². The highest BCUT2D eigenvalue weighted by Gasteiger charge is 2.09. The highest BCUT2D eigenvalue weighted by atomic mass is 31.2. The summed E-state index contributed by atoms with van der Waals surface area (Å²) >= 11 is 0. The number of allylic oxidation sites excluding steroid dienone is 7. The second-order valence-electron chi connectivity index (χ2n) is 7.76. The van der Waals surface area contributed by atoms with Gasteiger partial charge in [0.05, 0.1) is 6.61 Å². The Morgan fingerprint density at radius 3 is 1.93 bits per heavy atom. The molecule has 0 radical (unpaired) electrons. The van der Waals surface area contributed by atoms with Crippen LogP contribution < -0.4 is 4.89 Å². The van der Waals surface area contributed by atoms with Crippen molar-refractivity contribution in [2.75, 3.05) is 6.61 Å². The molecule has 0 N–H and O–H groups in total. The molecule has 0 aliphatic rings. The molecule has 1 unspecified atom stereocenters. The predicted octanol–water partition coefficient (Wildman–Crippen LogP) is 6.36. The van der Waals surface area contributed by atoms with E-state index in [0.717, 1.165) is 48.4 Å². The van der Waals surface area contributed by atoms with Crippen molar-refractivity contribution in [3.05, 3.63) is 65.3 Å². The smallest absolute Gasteiger partial charge is 0.237 e. The molecule has 5 nitrogen and oxygen atoms in total. The molecular formula is C23H36N2O3P-. The summed E-state index contributed by atoms with van der Waals surface area (Å²) in [7, 11) is -4.09. The Balaban J connectivity index is 2.28. The molecule has 1 rings (SSSR count). The molecule has 1 heterocycles. The summed E-state index contributed by atoms with van der Waals surface area (Å²) in [5, 5.41) is 0. The number of rotatable bonds is 13. The van der Waals surface area contributed by atoms with E-state index in [-0.39, 0.29) is 6.61 Å². The predicted molar refractivity (Wildman–Crippen MR) is 120 cm³/mol. The van der Waals surface area contributed by atoms with E-state index in [0.29, 0.717) is 0 Å². The molecule has 0 saturated heterocycles. The Labute approximate surface area is 176 Å². The zero-order chi connectivity index (χ0) is 21.7. The third-order valence-electron chi connectivity index (χ3n) is 4.60. The maximum atomic E-state index is 11.9. The van der Waals surface area contributed by atoms with Crippen LogP contribution >= 0.6 is 7.75 Å². The van der Waals surface area contributed by atoms with E-state index < -0.39 is 7.75 Å². The first-order valence-corrected chi connectivity index (χ1v) is 11.7. The van der Waals surface area contributed by atoms with Gasteiger partial charge >= 0.3 is 0 Å². The molecule has 1 aromatic rings. The molecule has 0 aliphatic heterocycles. The Morgan fingerprint density at radius 1 is 0.931 bits per heavy atom. The van der Waals surface area contributed by atoms with Gasteiger partial charge in [-0.2, -0.15) is 0 Å². The van der Waals surface area contributed by atoms with Crippen LogP contribution in [0.15, 0.2) is 65.3 Å². The third kappa shape index (κ3) is 11.8. The number of hydrogen-bond donors (Lipinski definition) is 0. The molecule has 0 fully saturated rings. The van der Waals surface area contributed by atoms with E-state index in [9.17, 15) is 9.46 Å². The van der Waals surface area contributed by atoms with E-state index in [1.807, 2.05) is 13.0 Å². The van der Waals surface area contributed by atoms with Crippen LogP contribution in [-0.4, -0.2) is 15.9 Å². The minimum atomic E-state index is -4.09. The minimum absolute atomic E-state index is 0.0459. The summed E-state index contributed by atoms with van der Waals surface area (Å²) < 4.78 is 17.9. The highest BCUT2D eigenvalue weighted by Crippen LogP contribution is 2.38. The second kappa shape index (κ2) is 13.5. The Kier molecular flexibility index (Phi) is 11.8. The van der Waals surface area contributed by atoms with Crippen LogP contribution in [0.2, 0.25) is 0 Å². The summed E-state index contributed by atoms with van der Waals surface area (Å²) in [6.45, 7) is 10.7. The van der Waals surface area contributed by atoms with Crippen molar-refractivity contribution in [1.29, 1.82) is 0 Å². The van der Waals surface area contributed by atoms with Crippen molar-refractivity contribution in [3.63, 3.8) is 0 Å². The van der Waals surface area contributed by atoms with Crippen LogP contribution in [0.25, 0.3) is 0 Å². The molecule has 1 atom stereocenters. The van der Waals surface area contributed by atoms with Gasteiger partial charge in [0.15, 0.2) is 0 Å². The first-order chi connectivity index (χ1) is 13.7. The Bertz CT molecular complexity index is 770. The van der Waals surface area contributed by atoms with Crippen LogP contribution in [0.1, 0.15) is 73.1 Å². The van der Waals surface area contributed by atoms with Crippen LogP contribution in [0.5, 0.6) is 0 Å². The molecule has 0 bridgehead atoms. The van der Waals surface area contributed by atoms with Crippen molar-refractivity contribution in [1.82, 2.24) is 9.32 Å². The molecule has 29 heavy (non-hydrogen) atoms. The fraction of sp³-hybridized carbons (Fsp3) is 0.522. The van der Waals surface area contributed by atoms with E-state index in [2.05, 4.69) is 50.9 Å². The van der Waals surface area contributed by atoms with Gasteiger partial charge in [-0.05, 0) is 73.1 Å². The lowest BCUT2D eigenvalue weighted by atomic mass is 10.0. The molecule has 162 valence electrons. The van der Waals surface area contributed by atoms with Gasteiger partial charge in [0.1, 0.15) is 6.33 Å². The summed E-state index contributed by atoms with van der Waals surface area (Å²) in [5.74, 6) is 0. The summed E-state index contributed by atoms with van der Waals surface area (Å²) in [4.78, 5) is 15.6. The van der Waals surface area contributed by atoms with Gasteiger partial charge < -0.3 is 9.42 Å². The molecular weight excluding hydrogens is 383 g/mol. The van der Waals surface area contributed by atoms with Crippen molar-refractivity contribution in [2.45, 2.75) is 73.1 Å². The average molecular weight is 420 g/mol. The number of aromatic nitrogens is 2. The summed E-state index contributed by atoms with van der Waals surface area (Å²) in [5.41, 5.74) is 5.36. The molecule has 0 aliphatic carbocycles. The highest BCUT2D eigenvalue weighted by molar-refractivity contribution is 7.49. The first kappa shape index (κ1) is 25.4. The molecule has 0 aromatic carbocycles. The molecule has 0 amide bonds. The first-order valence-electron chi connectivity index (χ1n) is 10.3. The molecule has 0 saturated carbocycles. The maximum Gasteiger partial charge on any atom is 0.237 e. The van der Waals surface area contributed by atoms with Gasteiger partial charge in [0.25, 0.3) is 0 Å². The molecule has 6 heteroatoms. The third-order valence-corrected chi connectivity index (χ3v) is 5.87. The van der Waals surface area contributed by atoms with Gasteiger partial charge in [0, 0.05) is 12.4 Å². The lowest BCUT2D eigenvalue weighted by molar-refractivity contribution is -0.201. The second-order valence-corrected chi connectivity index (χ2v) is 9.41. The van der Waals surface area contributed by atoms with Crippen LogP contribution in [0.4, 0.5) is 0 Å². The van der Waals surface area contributed by atoms with Gasteiger partial charge in [-0.3, -0.25) is 8.90 Å².